The molecule has 5 heteroatoms. The smallest absolute Gasteiger partial charge is 0.164 e. The van der Waals surface area contributed by atoms with E-state index in [4.69, 9.17) is 19.7 Å². The maximum Gasteiger partial charge on any atom is 0.164 e. The van der Waals surface area contributed by atoms with Gasteiger partial charge in [-0.05, 0) is 63.2 Å². The molecule has 0 atom stereocenters. The molecule has 0 N–H and O–H groups in total. The van der Waals surface area contributed by atoms with E-state index >= 15 is 0 Å². The normalized spacial score (nSPS) is 12.7. The highest BCUT2D eigenvalue weighted by atomic mass is 16.5. The van der Waals surface area contributed by atoms with Crippen molar-refractivity contribution >= 4 is 0 Å². The highest BCUT2D eigenvalue weighted by molar-refractivity contribution is 5.99. The molecule has 0 amide bonds. The largest absolute Gasteiger partial charge is 0.457 e. The molecule has 0 radical (unpaired) electrons. The van der Waals surface area contributed by atoms with Gasteiger partial charge in [0, 0.05) is 33.4 Å². The van der Waals surface area contributed by atoms with Gasteiger partial charge in [-0.3, -0.25) is 0 Å². The lowest BCUT2D eigenvalue weighted by Gasteiger charge is -2.39. The molecule has 270 valence electrons. The fourth-order valence-electron chi connectivity index (χ4n) is 8.94. The number of nitrogens with zero attached hydrogens (tertiary/aromatic N) is 4. The number of hydrogen-bond donors (Lipinski definition) is 0. The van der Waals surface area contributed by atoms with Gasteiger partial charge in [0.15, 0.2) is 17.5 Å². The Balaban J connectivity index is 1.10. The van der Waals surface area contributed by atoms with Crippen molar-refractivity contribution in [3.63, 3.8) is 0 Å². The quantitative estimate of drug-likeness (QED) is 0.176. The molecule has 2 aliphatic rings. The monoisotopic (exact) mass is 740 g/mol. The van der Waals surface area contributed by atoms with E-state index in [1.165, 1.54) is 0 Å². The van der Waals surface area contributed by atoms with Gasteiger partial charge in [-0.2, -0.15) is 5.26 Å². The van der Waals surface area contributed by atoms with Crippen LogP contribution in [-0.4, -0.2) is 15.0 Å². The molecule has 2 heterocycles. The van der Waals surface area contributed by atoms with Crippen LogP contribution >= 0.6 is 0 Å². The van der Waals surface area contributed by atoms with Crippen molar-refractivity contribution in [3.8, 4) is 85.1 Å². The number of para-hydroxylation sites is 2. The Bertz CT molecular complexity index is 3050. The average Bonchev–Trinajstić information content (AvgIpc) is 3.60. The average molecular weight is 741 g/mol. The summed E-state index contributed by atoms with van der Waals surface area (Å²) in [5, 5.41) is 10.7. The van der Waals surface area contributed by atoms with E-state index < -0.39 is 5.41 Å². The van der Waals surface area contributed by atoms with Gasteiger partial charge in [-0.25, -0.2) is 15.0 Å². The molecule has 0 saturated heterocycles. The second-order valence-corrected chi connectivity index (χ2v) is 14.6. The zero-order valence-corrected chi connectivity index (χ0v) is 31.2. The lowest BCUT2D eigenvalue weighted by Crippen LogP contribution is -2.32. The van der Waals surface area contributed by atoms with E-state index in [-0.39, 0.29) is 0 Å². The van der Waals surface area contributed by atoms with E-state index in [1.54, 1.807) is 0 Å². The summed E-state index contributed by atoms with van der Waals surface area (Å²) in [6.07, 6.45) is 0. The van der Waals surface area contributed by atoms with Crippen molar-refractivity contribution in [2.75, 3.05) is 0 Å². The Hall–Kier alpha value is -7.94. The van der Waals surface area contributed by atoms with Crippen LogP contribution in [0.3, 0.4) is 0 Å². The maximum absolute atomic E-state index is 10.7. The van der Waals surface area contributed by atoms with Crippen LogP contribution in [0.2, 0.25) is 0 Å². The van der Waals surface area contributed by atoms with Crippen LogP contribution in [-0.2, 0) is 5.41 Å². The number of ether oxygens (including phenoxy) is 1. The molecule has 1 aromatic heterocycles. The van der Waals surface area contributed by atoms with Gasteiger partial charge in [-0.1, -0.05) is 170 Å². The topological polar surface area (TPSA) is 71.7 Å². The Morgan fingerprint density at radius 2 is 0.828 bits per heavy atom. The molecule has 11 rings (SSSR count). The molecular weight excluding hydrogens is 709 g/mol. The summed E-state index contributed by atoms with van der Waals surface area (Å²) in [5.74, 6) is 3.40. The molecule has 0 fully saturated rings. The van der Waals surface area contributed by atoms with Crippen molar-refractivity contribution in [2.45, 2.75) is 5.41 Å². The molecule has 8 aromatic carbocycles. The van der Waals surface area contributed by atoms with Crippen LogP contribution in [0.5, 0.6) is 11.5 Å². The van der Waals surface area contributed by atoms with Gasteiger partial charge in [0.1, 0.15) is 11.5 Å². The predicted molar refractivity (Wildman–Crippen MR) is 229 cm³/mol. The van der Waals surface area contributed by atoms with E-state index in [9.17, 15) is 5.26 Å². The molecular formula is C53H32N4O. The third kappa shape index (κ3) is 5.13. The molecule has 1 spiro atoms. The maximum atomic E-state index is 10.7. The van der Waals surface area contributed by atoms with Crippen LogP contribution in [0.25, 0.3) is 67.5 Å². The fraction of sp³-hybridized carbons (Fsp3) is 0.0189. The first-order valence-electron chi connectivity index (χ1n) is 19.3. The van der Waals surface area contributed by atoms with Crippen LogP contribution < -0.4 is 4.74 Å². The zero-order chi connectivity index (χ0) is 38.6. The Morgan fingerprint density at radius 1 is 0.379 bits per heavy atom. The summed E-state index contributed by atoms with van der Waals surface area (Å²) in [4.78, 5) is 15.2. The van der Waals surface area contributed by atoms with Crippen LogP contribution in [0, 0.1) is 11.3 Å². The zero-order valence-electron chi connectivity index (χ0n) is 31.2. The van der Waals surface area contributed by atoms with Crippen molar-refractivity contribution in [1.29, 1.82) is 5.26 Å². The first kappa shape index (κ1) is 33.4. The van der Waals surface area contributed by atoms with Gasteiger partial charge in [0.05, 0.1) is 17.0 Å². The summed E-state index contributed by atoms with van der Waals surface area (Å²) in [7, 11) is 0. The Labute approximate surface area is 336 Å². The lowest BCUT2D eigenvalue weighted by atomic mass is 9.66. The minimum atomic E-state index is -0.694. The van der Waals surface area contributed by atoms with Gasteiger partial charge < -0.3 is 4.74 Å². The van der Waals surface area contributed by atoms with E-state index in [0.717, 1.165) is 83.8 Å². The molecule has 0 unspecified atom stereocenters. The minimum Gasteiger partial charge on any atom is -0.457 e. The first-order chi connectivity index (χ1) is 28.7. The standard InChI is InChI=1S/C53H32N4O/c54-33-40-20-12-24-44-48(40)49-41(21-13-25-45(49)53(44)42-22-7-9-26-46(42)58-47-27-10-8-23-43(47)53)38-18-11-19-39(32-38)52-56-50(36-16-5-2-6-17-36)55-51(57-52)37-30-28-35(29-31-37)34-14-3-1-4-15-34/h1-32H. The molecule has 0 saturated carbocycles. The van der Waals surface area contributed by atoms with Crippen molar-refractivity contribution in [2.24, 2.45) is 0 Å². The van der Waals surface area contributed by atoms with Crippen molar-refractivity contribution in [1.82, 2.24) is 15.0 Å². The molecule has 9 aromatic rings. The first-order valence-corrected chi connectivity index (χ1v) is 19.3. The SMILES string of the molecule is N#Cc1cccc2c1-c1c(-c3cccc(-c4nc(-c5ccccc5)nc(-c5ccc(-c6ccccc6)cc5)n4)c3)cccc1C21c2ccccc2Oc2ccccc21. The number of benzene rings is 8. The van der Waals surface area contributed by atoms with Crippen molar-refractivity contribution in [3.05, 3.63) is 222 Å². The van der Waals surface area contributed by atoms with Crippen LogP contribution in [0.4, 0.5) is 0 Å². The van der Waals surface area contributed by atoms with Gasteiger partial charge in [-0.15, -0.1) is 0 Å². The van der Waals surface area contributed by atoms with Crippen LogP contribution in [0.15, 0.2) is 194 Å². The van der Waals surface area contributed by atoms with Gasteiger partial charge in [0.2, 0.25) is 0 Å². The summed E-state index contributed by atoms with van der Waals surface area (Å²) in [6, 6.07) is 68.9. The summed E-state index contributed by atoms with van der Waals surface area (Å²) < 4.78 is 6.56. The number of nitriles is 1. The number of fused-ring (bicyclic) bond motifs is 9. The van der Waals surface area contributed by atoms with E-state index in [1.807, 2.05) is 84.9 Å². The Morgan fingerprint density at radius 3 is 1.48 bits per heavy atom. The number of hydrogen-bond acceptors (Lipinski definition) is 5. The lowest BCUT2D eigenvalue weighted by molar-refractivity contribution is 0.436. The molecule has 5 nitrogen and oxygen atoms in total. The molecule has 1 aliphatic carbocycles. The number of aromatic nitrogens is 3. The third-order valence-corrected chi connectivity index (χ3v) is 11.5. The minimum absolute atomic E-state index is 0.576. The fourth-order valence-corrected chi connectivity index (χ4v) is 8.94. The molecule has 0 bridgehead atoms. The Kier molecular flexibility index (Phi) is 7.70. The summed E-state index contributed by atoms with van der Waals surface area (Å²) in [5.41, 5.74) is 13.2. The van der Waals surface area contributed by atoms with Crippen LogP contribution in [0.1, 0.15) is 27.8 Å². The van der Waals surface area contributed by atoms with Crippen molar-refractivity contribution < 1.29 is 4.74 Å². The highest BCUT2D eigenvalue weighted by Gasteiger charge is 2.52. The van der Waals surface area contributed by atoms with Gasteiger partial charge in [0.25, 0.3) is 0 Å². The molecule has 58 heavy (non-hydrogen) atoms. The van der Waals surface area contributed by atoms with E-state index in [0.29, 0.717) is 23.0 Å². The third-order valence-electron chi connectivity index (χ3n) is 11.5. The molecule has 1 aliphatic heterocycles. The highest BCUT2D eigenvalue weighted by Crippen LogP contribution is 2.63. The second kappa shape index (κ2) is 13.4. The predicted octanol–water partition coefficient (Wildman–Crippen LogP) is 12.5. The summed E-state index contributed by atoms with van der Waals surface area (Å²) >= 11 is 0. The second-order valence-electron chi connectivity index (χ2n) is 14.6. The summed E-state index contributed by atoms with van der Waals surface area (Å²) in [6.45, 7) is 0. The van der Waals surface area contributed by atoms with E-state index in [2.05, 4.69) is 115 Å². The number of rotatable bonds is 5. The van der Waals surface area contributed by atoms with Gasteiger partial charge >= 0.3 is 0 Å².